The predicted molar refractivity (Wildman–Crippen MR) is 107 cm³/mol. The molecule has 2 aromatic rings. The molecule has 1 aliphatic heterocycles. The van der Waals surface area contributed by atoms with E-state index in [1.165, 1.54) is 30.2 Å². The van der Waals surface area contributed by atoms with E-state index in [1.54, 1.807) is 4.90 Å². The van der Waals surface area contributed by atoms with Crippen molar-refractivity contribution in [1.82, 2.24) is 20.4 Å². The van der Waals surface area contributed by atoms with Crippen molar-refractivity contribution in [2.75, 3.05) is 18.6 Å². The Morgan fingerprint density at radius 3 is 2.71 bits per heavy atom. The van der Waals surface area contributed by atoms with Gasteiger partial charge >= 0.3 is 12.0 Å². The van der Waals surface area contributed by atoms with Gasteiger partial charge in [0.15, 0.2) is 4.34 Å². The van der Waals surface area contributed by atoms with Gasteiger partial charge in [-0.1, -0.05) is 53.4 Å². The molecular formula is C18H19N5O3S2. The lowest BCUT2D eigenvalue weighted by Gasteiger charge is -2.36. The van der Waals surface area contributed by atoms with E-state index in [0.717, 1.165) is 18.4 Å². The fourth-order valence-corrected chi connectivity index (χ4v) is 4.86. The van der Waals surface area contributed by atoms with Crippen molar-refractivity contribution in [2.45, 2.75) is 29.3 Å². The van der Waals surface area contributed by atoms with Gasteiger partial charge in [0, 0.05) is 17.5 Å². The van der Waals surface area contributed by atoms with E-state index in [0.29, 0.717) is 26.5 Å². The van der Waals surface area contributed by atoms with Crippen LogP contribution in [0.4, 0.5) is 9.93 Å². The molecule has 0 bridgehead atoms. The topological polar surface area (TPSA) is 110 Å². The Hall–Kier alpha value is -2.59. The summed E-state index contributed by atoms with van der Waals surface area (Å²) in [5.74, 6) is -0.0568. The molecule has 0 radical (unpaired) electrons. The third kappa shape index (κ3) is 3.69. The van der Waals surface area contributed by atoms with Gasteiger partial charge in [0.2, 0.25) is 5.13 Å². The van der Waals surface area contributed by atoms with Gasteiger partial charge in [0.25, 0.3) is 0 Å². The smallest absolute Gasteiger partial charge is 0.338 e. The molecule has 8 nitrogen and oxygen atoms in total. The number of methoxy groups -OCH3 is 1. The van der Waals surface area contributed by atoms with Crippen molar-refractivity contribution in [2.24, 2.45) is 0 Å². The van der Waals surface area contributed by atoms with Crippen molar-refractivity contribution >= 4 is 40.2 Å². The number of thioether (sulfide) groups is 1. The normalized spacial score (nSPS) is 19.5. The predicted octanol–water partition coefficient (Wildman–Crippen LogP) is 2.57. The number of anilines is 1. The van der Waals surface area contributed by atoms with Crippen molar-refractivity contribution < 1.29 is 14.3 Å². The van der Waals surface area contributed by atoms with Gasteiger partial charge in [-0.25, -0.2) is 9.59 Å². The van der Waals surface area contributed by atoms with Crippen LogP contribution in [0.25, 0.3) is 0 Å². The lowest BCUT2D eigenvalue weighted by Crippen LogP contribution is -2.50. The van der Waals surface area contributed by atoms with Crippen molar-refractivity contribution in [3.05, 3.63) is 47.2 Å². The maximum atomic E-state index is 12.9. The first kappa shape index (κ1) is 18.8. The van der Waals surface area contributed by atoms with Gasteiger partial charge in [0.1, 0.15) is 0 Å². The van der Waals surface area contributed by atoms with Crippen LogP contribution in [0.3, 0.4) is 0 Å². The minimum Gasteiger partial charge on any atom is -0.466 e. The number of nitrogen functional groups attached to an aromatic ring is 1. The fraction of sp³-hybridized carbons (Fsp3) is 0.333. The van der Waals surface area contributed by atoms with Crippen LogP contribution in [0.5, 0.6) is 0 Å². The number of carbonyl (C=O) groups is 2. The van der Waals surface area contributed by atoms with Gasteiger partial charge in [-0.05, 0) is 18.4 Å². The second-order valence-corrected chi connectivity index (χ2v) is 8.67. The molecule has 0 saturated heterocycles. The number of nitrogens with one attached hydrogen (secondary N) is 1. The molecule has 10 heteroatoms. The SMILES string of the molecule is COC(=O)C1=C(CSc2nnc(N)s2)N(C2CC2)C(=O)NC1c1ccccc1. The van der Waals surface area contributed by atoms with Gasteiger partial charge < -0.3 is 15.8 Å². The number of hydrogen-bond acceptors (Lipinski definition) is 8. The summed E-state index contributed by atoms with van der Waals surface area (Å²) in [6.07, 6.45) is 1.83. The zero-order valence-corrected chi connectivity index (χ0v) is 16.8. The third-order valence-corrected chi connectivity index (χ3v) is 6.48. The molecule has 2 aliphatic rings. The summed E-state index contributed by atoms with van der Waals surface area (Å²) in [5.41, 5.74) is 7.60. The molecule has 3 N–H and O–H groups in total. The summed E-state index contributed by atoms with van der Waals surface area (Å²) in [7, 11) is 1.35. The van der Waals surface area contributed by atoms with Crippen LogP contribution in [0.15, 0.2) is 45.9 Å². The maximum absolute atomic E-state index is 12.9. The standard InChI is InChI=1S/C18H19N5O3S2/c1-26-15(24)13-12(9-27-18-22-21-16(19)28-18)23(11-7-8-11)17(25)20-14(13)10-5-3-2-4-6-10/h2-6,11,14H,7-9H2,1H3,(H2,19,21)(H,20,25). The van der Waals surface area contributed by atoms with Crippen LogP contribution in [0, 0.1) is 0 Å². The lowest BCUT2D eigenvalue weighted by atomic mass is 9.95. The van der Waals surface area contributed by atoms with Crippen LogP contribution >= 0.6 is 23.1 Å². The molecule has 4 rings (SSSR count). The Labute approximate surface area is 170 Å². The average molecular weight is 418 g/mol. The number of rotatable bonds is 6. The number of carbonyl (C=O) groups excluding carboxylic acids is 2. The highest BCUT2D eigenvalue weighted by atomic mass is 32.2. The minimum atomic E-state index is -0.564. The molecule has 1 saturated carbocycles. The number of ether oxygens (including phenoxy) is 1. The van der Waals surface area contributed by atoms with E-state index in [1.807, 2.05) is 30.3 Å². The summed E-state index contributed by atoms with van der Waals surface area (Å²) in [4.78, 5) is 27.4. The van der Waals surface area contributed by atoms with Crippen LogP contribution in [0.2, 0.25) is 0 Å². The van der Waals surface area contributed by atoms with E-state index in [2.05, 4.69) is 15.5 Å². The zero-order valence-electron chi connectivity index (χ0n) is 15.1. The molecule has 146 valence electrons. The molecule has 0 spiro atoms. The maximum Gasteiger partial charge on any atom is 0.338 e. The van der Waals surface area contributed by atoms with Crippen LogP contribution < -0.4 is 11.1 Å². The highest BCUT2D eigenvalue weighted by Crippen LogP contribution is 2.40. The van der Waals surface area contributed by atoms with E-state index in [-0.39, 0.29) is 12.1 Å². The van der Waals surface area contributed by atoms with Crippen LogP contribution in [-0.4, -0.2) is 46.0 Å². The summed E-state index contributed by atoms with van der Waals surface area (Å²) in [6, 6.07) is 8.76. The van der Waals surface area contributed by atoms with Crippen molar-refractivity contribution in [3.63, 3.8) is 0 Å². The highest BCUT2D eigenvalue weighted by molar-refractivity contribution is 8.01. The van der Waals surface area contributed by atoms with Gasteiger partial charge in [-0.3, -0.25) is 4.90 Å². The molecule has 1 aromatic carbocycles. The molecule has 1 aliphatic carbocycles. The molecule has 28 heavy (non-hydrogen) atoms. The lowest BCUT2D eigenvalue weighted by molar-refractivity contribution is -0.136. The fourth-order valence-electron chi connectivity index (χ4n) is 3.20. The Morgan fingerprint density at radius 1 is 1.36 bits per heavy atom. The first-order valence-corrected chi connectivity index (χ1v) is 10.6. The molecule has 1 unspecified atom stereocenters. The second-order valence-electron chi connectivity index (χ2n) is 6.44. The number of esters is 1. The Bertz CT molecular complexity index is 926. The van der Waals surface area contributed by atoms with Gasteiger partial charge in [-0.15, -0.1) is 10.2 Å². The summed E-state index contributed by atoms with van der Waals surface area (Å²) in [5, 5.41) is 11.2. The molecule has 1 aromatic heterocycles. The van der Waals surface area contributed by atoms with E-state index in [4.69, 9.17) is 10.5 Å². The average Bonchev–Trinajstić information content (AvgIpc) is 3.46. The number of hydrogen-bond donors (Lipinski definition) is 2. The van der Waals surface area contributed by atoms with Crippen LogP contribution in [-0.2, 0) is 9.53 Å². The van der Waals surface area contributed by atoms with E-state index < -0.39 is 12.0 Å². The Balaban J connectivity index is 1.76. The van der Waals surface area contributed by atoms with E-state index >= 15 is 0 Å². The third-order valence-electron chi connectivity index (χ3n) is 4.58. The van der Waals surface area contributed by atoms with Crippen molar-refractivity contribution in [1.29, 1.82) is 0 Å². The van der Waals surface area contributed by atoms with Crippen molar-refractivity contribution in [3.8, 4) is 0 Å². The monoisotopic (exact) mass is 417 g/mol. The van der Waals surface area contributed by atoms with Gasteiger partial charge in [-0.2, -0.15) is 0 Å². The summed E-state index contributed by atoms with van der Waals surface area (Å²) >= 11 is 2.68. The number of benzene rings is 1. The molecule has 2 heterocycles. The first-order valence-electron chi connectivity index (χ1n) is 8.76. The molecule has 1 atom stereocenters. The number of amides is 2. The summed E-state index contributed by atoms with van der Waals surface area (Å²) < 4.78 is 5.77. The second kappa shape index (κ2) is 7.80. The largest absolute Gasteiger partial charge is 0.466 e. The molecule has 2 amide bonds. The quantitative estimate of drug-likeness (QED) is 0.549. The number of urea groups is 1. The number of nitrogens with two attached hydrogens (primary N) is 1. The summed E-state index contributed by atoms with van der Waals surface area (Å²) in [6.45, 7) is 0. The minimum absolute atomic E-state index is 0.103. The van der Waals surface area contributed by atoms with E-state index in [9.17, 15) is 9.59 Å². The number of nitrogens with zero attached hydrogens (tertiary/aromatic N) is 3. The Kier molecular flexibility index (Phi) is 5.23. The first-order chi connectivity index (χ1) is 13.6. The molecular weight excluding hydrogens is 398 g/mol. The molecule has 1 fully saturated rings. The Morgan fingerprint density at radius 2 is 2.11 bits per heavy atom. The van der Waals surface area contributed by atoms with Crippen LogP contribution in [0.1, 0.15) is 24.4 Å². The number of aromatic nitrogens is 2. The highest BCUT2D eigenvalue weighted by Gasteiger charge is 2.43. The van der Waals surface area contributed by atoms with Gasteiger partial charge in [0.05, 0.1) is 18.7 Å². The zero-order chi connectivity index (χ0) is 19.7.